The smallest absolute Gasteiger partial charge is 0.406 e. The first-order valence-electron chi connectivity index (χ1n) is 10.9. The van der Waals surface area contributed by atoms with Crippen LogP contribution in [0.15, 0.2) is 48.7 Å². The highest BCUT2D eigenvalue weighted by molar-refractivity contribution is 6.06. The second kappa shape index (κ2) is 9.61. The normalized spacial score (nSPS) is 15.4. The number of aromatic nitrogens is 1. The van der Waals surface area contributed by atoms with Gasteiger partial charge in [-0.3, -0.25) is 14.2 Å². The first-order valence-corrected chi connectivity index (χ1v) is 10.9. The van der Waals surface area contributed by atoms with Gasteiger partial charge < -0.3 is 20.3 Å². The van der Waals surface area contributed by atoms with Crippen LogP contribution < -0.4 is 15.4 Å². The maximum Gasteiger partial charge on any atom is 0.573 e. The molecule has 0 unspecified atom stereocenters. The van der Waals surface area contributed by atoms with Crippen LogP contribution in [0.25, 0.3) is 10.9 Å². The van der Waals surface area contributed by atoms with Crippen LogP contribution in [0.4, 0.5) is 29.3 Å². The third kappa shape index (κ3) is 5.25. The van der Waals surface area contributed by atoms with Gasteiger partial charge in [0.1, 0.15) is 11.8 Å². The second-order valence-electron chi connectivity index (χ2n) is 8.12. The molecule has 1 aliphatic rings. The van der Waals surface area contributed by atoms with Crippen molar-refractivity contribution in [2.45, 2.75) is 32.2 Å². The molecule has 2 N–H and O–H groups in total. The summed E-state index contributed by atoms with van der Waals surface area (Å²) in [6.45, 7) is 1.63. The fourth-order valence-corrected chi connectivity index (χ4v) is 4.12. The minimum Gasteiger partial charge on any atom is -0.406 e. The van der Waals surface area contributed by atoms with Crippen LogP contribution in [0.2, 0.25) is 0 Å². The van der Waals surface area contributed by atoms with Gasteiger partial charge in [0.05, 0.1) is 22.8 Å². The number of urea groups is 1. The molecule has 0 aliphatic carbocycles. The van der Waals surface area contributed by atoms with Crippen LogP contribution in [0, 0.1) is 11.3 Å². The van der Waals surface area contributed by atoms with Crippen LogP contribution in [0.5, 0.6) is 5.75 Å². The molecular weight excluding hydrogens is 479 g/mol. The molecule has 1 fully saturated rings. The number of nitrogens with one attached hydrogen (secondary N) is 2. The topological polar surface area (TPSA) is 116 Å². The van der Waals surface area contributed by atoms with Crippen molar-refractivity contribution in [2.75, 3.05) is 17.2 Å². The molecular formula is C24H20F3N5O4. The average molecular weight is 499 g/mol. The predicted molar refractivity (Wildman–Crippen MR) is 123 cm³/mol. The molecule has 12 heteroatoms. The Labute approximate surface area is 203 Å². The highest BCUT2D eigenvalue weighted by Gasteiger charge is 2.35. The number of hydrogen-bond acceptors (Lipinski definition) is 5. The van der Waals surface area contributed by atoms with Gasteiger partial charge in [0.25, 0.3) is 0 Å². The predicted octanol–water partition coefficient (Wildman–Crippen LogP) is 4.71. The molecule has 1 atom stereocenters. The van der Waals surface area contributed by atoms with Crippen LogP contribution >= 0.6 is 0 Å². The monoisotopic (exact) mass is 499 g/mol. The SMILES string of the molecule is CC(=O)n1cc(NC(=O)N2CCC[C@H]2C(=O)Nc2cccc(OC(F)(F)F)c2)c2ccc(C#N)cc21. The Morgan fingerprint density at radius 1 is 1.14 bits per heavy atom. The van der Waals surface area contributed by atoms with E-state index in [2.05, 4.69) is 15.4 Å². The summed E-state index contributed by atoms with van der Waals surface area (Å²) < 4.78 is 42.6. The zero-order chi connectivity index (χ0) is 26.0. The molecule has 1 aliphatic heterocycles. The van der Waals surface area contributed by atoms with Gasteiger partial charge in [0.2, 0.25) is 11.8 Å². The van der Waals surface area contributed by atoms with Gasteiger partial charge in [0, 0.05) is 36.8 Å². The average Bonchev–Trinajstić information content (AvgIpc) is 3.43. The quantitative estimate of drug-likeness (QED) is 0.540. The van der Waals surface area contributed by atoms with Gasteiger partial charge in [-0.05, 0) is 43.2 Å². The lowest BCUT2D eigenvalue weighted by Crippen LogP contribution is -2.45. The largest absolute Gasteiger partial charge is 0.573 e. The fraction of sp³-hybridized carbons (Fsp3) is 0.250. The summed E-state index contributed by atoms with van der Waals surface area (Å²) in [6.07, 6.45) is -2.52. The van der Waals surface area contributed by atoms with Crippen molar-refractivity contribution in [3.63, 3.8) is 0 Å². The number of hydrogen-bond donors (Lipinski definition) is 2. The molecule has 0 saturated carbocycles. The van der Waals surface area contributed by atoms with E-state index in [1.54, 1.807) is 12.1 Å². The second-order valence-corrected chi connectivity index (χ2v) is 8.12. The lowest BCUT2D eigenvalue weighted by Gasteiger charge is -2.24. The van der Waals surface area contributed by atoms with Crippen molar-refractivity contribution in [2.24, 2.45) is 0 Å². The summed E-state index contributed by atoms with van der Waals surface area (Å²) in [5, 5.41) is 15.0. The zero-order valence-corrected chi connectivity index (χ0v) is 18.9. The van der Waals surface area contributed by atoms with Gasteiger partial charge in [0.15, 0.2) is 0 Å². The van der Waals surface area contributed by atoms with E-state index in [1.165, 1.54) is 40.8 Å². The Kier molecular flexibility index (Phi) is 6.57. The summed E-state index contributed by atoms with van der Waals surface area (Å²) >= 11 is 0. The number of anilines is 2. The van der Waals surface area contributed by atoms with E-state index < -0.39 is 30.1 Å². The van der Waals surface area contributed by atoms with Crippen LogP contribution in [-0.2, 0) is 4.79 Å². The minimum atomic E-state index is -4.87. The highest BCUT2D eigenvalue weighted by atomic mass is 19.4. The molecule has 4 rings (SSSR count). The van der Waals surface area contributed by atoms with Crippen molar-refractivity contribution in [1.29, 1.82) is 5.26 Å². The van der Waals surface area contributed by atoms with E-state index in [9.17, 15) is 27.6 Å². The van der Waals surface area contributed by atoms with E-state index in [1.807, 2.05) is 6.07 Å². The van der Waals surface area contributed by atoms with E-state index in [-0.39, 0.29) is 18.1 Å². The summed E-state index contributed by atoms with van der Waals surface area (Å²) in [6, 6.07) is 10.1. The Morgan fingerprint density at radius 3 is 2.61 bits per heavy atom. The van der Waals surface area contributed by atoms with E-state index in [4.69, 9.17) is 5.26 Å². The van der Waals surface area contributed by atoms with E-state index >= 15 is 0 Å². The molecule has 186 valence electrons. The Balaban J connectivity index is 1.51. The highest BCUT2D eigenvalue weighted by Crippen LogP contribution is 2.29. The molecule has 0 radical (unpaired) electrons. The standard InChI is InChI=1S/C24H20F3N5O4/c1-14(33)32-13-19(18-8-7-15(12-28)10-21(18)32)30-23(35)31-9-3-6-20(31)22(34)29-16-4-2-5-17(11-16)36-24(25,26)27/h2,4-5,7-8,10-11,13,20H,3,6,9H2,1H3,(H,29,34)(H,30,35)/t20-/m0/s1. The molecule has 1 aromatic heterocycles. The first-order chi connectivity index (χ1) is 17.1. The van der Waals surface area contributed by atoms with Crippen molar-refractivity contribution in [1.82, 2.24) is 9.47 Å². The fourth-order valence-electron chi connectivity index (χ4n) is 4.12. The Morgan fingerprint density at radius 2 is 1.92 bits per heavy atom. The number of benzene rings is 2. The molecule has 0 bridgehead atoms. The summed E-state index contributed by atoms with van der Waals surface area (Å²) in [4.78, 5) is 39.3. The van der Waals surface area contributed by atoms with Crippen molar-refractivity contribution in [3.8, 4) is 11.8 Å². The van der Waals surface area contributed by atoms with E-state index in [0.29, 0.717) is 35.0 Å². The van der Waals surface area contributed by atoms with Gasteiger partial charge in [-0.15, -0.1) is 13.2 Å². The Hall–Kier alpha value is -4.53. The van der Waals surface area contributed by atoms with Crippen LogP contribution in [-0.4, -0.2) is 46.3 Å². The molecule has 9 nitrogen and oxygen atoms in total. The molecule has 2 heterocycles. The summed E-state index contributed by atoms with van der Waals surface area (Å²) in [7, 11) is 0. The lowest BCUT2D eigenvalue weighted by atomic mass is 10.1. The number of likely N-dealkylation sites (tertiary alicyclic amines) is 1. The van der Waals surface area contributed by atoms with E-state index in [0.717, 1.165) is 12.1 Å². The lowest BCUT2D eigenvalue weighted by molar-refractivity contribution is -0.274. The summed E-state index contributed by atoms with van der Waals surface area (Å²) in [5.74, 6) is -1.36. The van der Waals surface area contributed by atoms with Gasteiger partial charge in [-0.2, -0.15) is 5.26 Å². The Bertz CT molecular complexity index is 1390. The van der Waals surface area contributed by atoms with Gasteiger partial charge >= 0.3 is 12.4 Å². The zero-order valence-electron chi connectivity index (χ0n) is 18.9. The summed E-state index contributed by atoms with van der Waals surface area (Å²) in [5.41, 5.74) is 1.22. The number of alkyl halides is 3. The number of carbonyl (C=O) groups excluding carboxylic acids is 3. The maximum absolute atomic E-state index is 13.1. The van der Waals surface area contributed by atoms with Gasteiger partial charge in [-0.1, -0.05) is 6.07 Å². The number of amides is 3. The van der Waals surface area contributed by atoms with Gasteiger partial charge in [-0.25, -0.2) is 4.79 Å². The molecule has 1 saturated heterocycles. The first kappa shape index (κ1) is 24.6. The van der Waals surface area contributed by atoms with Crippen molar-refractivity contribution in [3.05, 3.63) is 54.2 Å². The number of carbonyl (C=O) groups is 3. The van der Waals surface area contributed by atoms with Crippen molar-refractivity contribution >= 4 is 40.1 Å². The minimum absolute atomic E-state index is 0.0897. The van der Waals surface area contributed by atoms with Crippen molar-refractivity contribution < 1.29 is 32.3 Å². The van der Waals surface area contributed by atoms with Crippen LogP contribution in [0.1, 0.15) is 30.1 Å². The maximum atomic E-state index is 13.1. The number of ether oxygens (including phenoxy) is 1. The van der Waals surface area contributed by atoms with Crippen LogP contribution in [0.3, 0.4) is 0 Å². The number of nitrogens with zero attached hydrogens (tertiary/aromatic N) is 3. The number of halogens is 3. The third-order valence-corrected chi connectivity index (χ3v) is 5.67. The molecule has 36 heavy (non-hydrogen) atoms. The number of nitriles is 1. The molecule has 2 aromatic carbocycles. The molecule has 0 spiro atoms. The third-order valence-electron chi connectivity index (χ3n) is 5.67. The molecule has 3 amide bonds. The number of rotatable bonds is 4. The number of fused-ring (bicyclic) bond motifs is 1. The molecule has 3 aromatic rings.